The average molecular weight is 328 g/mol. The highest BCUT2D eigenvalue weighted by Gasteiger charge is 2.31. The Labute approximate surface area is 144 Å². The van der Waals surface area contributed by atoms with Gasteiger partial charge in [0.05, 0.1) is 11.4 Å². The topological polar surface area (TPSA) is 47.6 Å². The number of nitrogens with zero attached hydrogens (tertiary/aromatic N) is 2. The van der Waals surface area contributed by atoms with Crippen molar-refractivity contribution in [3.63, 3.8) is 0 Å². The summed E-state index contributed by atoms with van der Waals surface area (Å²) in [6.45, 7) is 3.60. The molecule has 1 saturated heterocycles. The van der Waals surface area contributed by atoms with E-state index < -0.39 is 0 Å². The van der Waals surface area contributed by atoms with Crippen LogP contribution in [0.25, 0.3) is 0 Å². The van der Waals surface area contributed by atoms with Gasteiger partial charge in [-0.25, -0.2) is 4.79 Å². The van der Waals surface area contributed by atoms with E-state index in [9.17, 15) is 4.79 Å². The van der Waals surface area contributed by atoms with E-state index in [-0.39, 0.29) is 12.1 Å². The van der Waals surface area contributed by atoms with Gasteiger partial charge in [0.2, 0.25) is 0 Å². The molecule has 2 amide bonds. The molecule has 0 bridgehead atoms. The van der Waals surface area contributed by atoms with Gasteiger partial charge in [-0.3, -0.25) is 4.90 Å². The van der Waals surface area contributed by atoms with Crippen LogP contribution in [0.5, 0.6) is 0 Å². The van der Waals surface area contributed by atoms with Gasteiger partial charge in [0.1, 0.15) is 0 Å². The van der Waals surface area contributed by atoms with Gasteiger partial charge in [0.15, 0.2) is 0 Å². The molecule has 1 aromatic rings. The molecule has 2 N–H and O–H groups in total. The lowest BCUT2D eigenvalue weighted by atomic mass is 9.93. The summed E-state index contributed by atoms with van der Waals surface area (Å²) in [4.78, 5) is 17.3. The van der Waals surface area contributed by atoms with Crippen molar-refractivity contribution in [1.29, 1.82) is 0 Å². The zero-order valence-corrected chi connectivity index (χ0v) is 14.3. The van der Waals surface area contributed by atoms with E-state index in [0.29, 0.717) is 6.04 Å². The van der Waals surface area contributed by atoms with Gasteiger partial charge in [-0.2, -0.15) is 0 Å². The number of para-hydroxylation sites is 2. The minimum Gasteiger partial charge on any atom is -0.365 e. The molecule has 3 aliphatic rings. The molecule has 2 fully saturated rings. The van der Waals surface area contributed by atoms with Crippen LogP contribution in [0.15, 0.2) is 24.3 Å². The second-order valence-corrected chi connectivity index (χ2v) is 7.26. The second-order valence-electron chi connectivity index (χ2n) is 7.26. The van der Waals surface area contributed by atoms with Crippen molar-refractivity contribution in [2.24, 2.45) is 0 Å². The fourth-order valence-corrected chi connectivity index (χ4v) is 4.40. The molecule has 2 aliphatic heterocycles. The standard InChI is InChI=1S/C19H28N4O/c24-19(21-15-10-11-20-14-15)23-13-12-22(16-6-2-1-3-7-16)17-8-4-5-9-18(17)23/h4-5,8-9,15-16,20H,1-3,6-7,10-14H2,(H,21,24)/t15-/m1/s1. The van der Waals surface area contributed by atoms with Crippen molar-refractivity contribution in [1.82, 2.24) is 10.6 Å². The molecular weight excluding hydrogens is 300 g/mol. The van der Waals surface area contributed by atoms with E-state index >= 15 is 0 Å². The summed E-state index contributed by atoms with van der Waals surface area (Å²) in [5, 5.41) is 6.50. The lowest BCUT2D eigenvalue weighted by Crippen LogP contribution is -2.53. The molecule has 1 atom stereocenters. The second kappa shape index (κ2) is 7.01. The van der Waals surface area contributed by atoms with Gasteiger partial charge in [0, 0.05) is 31.7 Å². The first-order valence-corrected chi connectivity index (χ1v) is 9.47. The number of hydrogen-bond acceptors (Lipinski definition) is 3. The Morgan fingerprint density at radius 3 is 2.58 bits per heavy atom. The molecule has 5 heteroatoms. The number of anilines is 2. The summed E-state index contributed by atoms with van der Waals surface area (Å²) < 4.78 is 0. The Bertz CT molecular complexity index is 578. The lowest BCUT2D eigenvalue weighted by molar-refractivity contribution is 0.243. The van der Waals surface area contributed by atoms with E-state index in [2.05, 4.69) is 33.7 Å². The summed E-state index contributed by atoms with van der Waals surface area (Å²) >= 11 is 0. The van der Waals surface area contributed by atoms with Crippen LogP contribution < -0.4 is 20.4 Å². The number of urea groups is 1. The maximum Gasteiger partial charge on any atom is 0.322 e. The van der Waals surface area contributed by atoms with Crippen molar-refractivity contribution >= 4 is 17.4 Å². The third kappa shape index (κ3) is 3.09. The normalized spacial score (nSPS) is 24.8. The molecule has 0 radical (unpaired) electrons. The van der Waals surface area contributed by atoms with Gasteiger partial charge >= 0.3 is 6.03 Å². The average Bonchev–Trinajstić information content (AvgIpc) is 3.14. The SMILES string of the molecule is O=C(N[C@@H]1CCNC1)N1CCN(C2CCCCC2)c2ccccc21. The highest BCUT2D eigenvalue weighted by molar-refractivity contribution is 5.97. The number of amides is 2. The molecule has 1 aliphatic carbocycles. The van der Waals surface area contributed by atoms with E-state index in [4.69, 9.17) is 0 Å². The molecule has 130 valence electrons. The van der Waals surface area contributed by atoms with Gasteiger partial charge < -0.3 is 15.5 Å². The van der Waals surface area contributed by atoms with E-state index in [1.54, 1.807) is 0 Å². The van der Waals surface area contributed by atoms with Crippen LogP contribution in [0.3, 0.4) is 0 Å². The van der Waals surface area contributed by atoms with Gasteiger partial charge in [-0.15, -0.1) is 0 Å². The maximum absolute atomic E-state index is 12.8. The predicted octanol–water partition coefficient (Wildman–Crippen LogP) is 2.72. The van der Waals surface area contributed by atoms with E-state index in [1.165, 1.54) is 37.8 Å². The van der Waals surface area contributed by atoms with Crippen molar-refractivity contribution in [2.45, 2.75) is 50.6 Å². The zero-order valence-electron chi connectivity index (χ0n) is 14.3. The molecule has 0 spiro atoms. The van der Waals surface area contributed by atoms with Crippen LogP contribution in [-0.2, 0) is 0 Å². The maximum atomic E-state index is 12.8. The van der Waals surface area contributed by atoms with Crippen molar-refractivity contribution < 1.29 is 4.79 Å². The molecule has 1 aromatic carbocycles. The highest BCUT2D eigenvalue weighted by Crippen LogP contribution is 2.37. The van der Waals surface area contributed by atoms with Crippen LogP contribution in [0.1, 0.15) is 38.5 Å². The summed E-state index contributed by atoms with van der Waals surface area (Å²) in [7, 11) is 0. The quantitative estimate of drug-likeness (QED) is 0.877. The largest absolute Gasteiger partial charge is 0.365 e. The molecule has 0 aromatic heterocycles. The van der Waals surface area contributed by atoms with Crippen LogP contribution in [0, 0.1) is 0 Å². The fraction of sp³-hybridized carbons (Fsp3) is 0.632. The molecular formula is C19H28N4O. The highest BCUT2D eigenvalue weighted by atomic mass is 16.2. The number of carbonyl (C=O) groups is 1. The lowest BCUT2D eigenvalue weighted by Gasteiger charge is -2.43. The van der Waals surface area contributed by atoms with Gasteiger partial charge in [0.25, 0.3) is 0 Å². The molecule has 4 rings (SSSR count). The summed E-state index contributed by atoms with van der Waals surface area (Å²) in [6.07, 6.45) is 7.64. The Hall–Kier alpha value is -1.75. The van der Waals surface area contributed by atoms with Crippen LogP contribution in [-0.4, -0.2) is 44.3 Å². The summed E-state index contributed by atoms with van der Waals surface area (Å²) in [5.74, 6) is 0. The van der Waals surface area contributed by atoms with Crippen LogP contribution in [0.4, 0.5) is 16.2 Å². The van der Waals surface area contributed by atoms with Gasteiger partial charge in [-0.1, -0.05) is 31.4 Å². The smallest absolute Gasteiger partial charge is 0.322 e. The molecule has 1 saturated carbocycles. The van der Waals surface area contributed by atoms with Crippen LogP contribution >= 0.6 is 0 Å². The first kappa shape index (κ1) is 15.8. The number of hydrogen-bond donors (Lipinski definition) is 2. The molecule has 0 unspecified atom stereocenters. The Morgan fingerprint density at radius 2 is 1.83 bits per heavy atom. The van der Waals surface area contributed by atoms with Crippen molar-refractivity contribution in [3.05, 3.63) is 24.3 Å². The summed E-state index contributed by atoms with van der Waals surface area (Å²) in [6, 6.07) is 9.37. The minimum atomic E-state index is 0.0550. The number of fused-ring (bicyclic) bond motifs is 1. The molecule has 2 heterocycles. The number of carbonyl (C=O) groups excluding carboxylic acids is 1. The Morgan fingerprint density at radius 1 is 1.04 bits per heavy atom. The van der Waals surface area contributed by atoms with Crippen LogP contribution in [0.2, 0.25) is 0 Å². The third-order valence-corrected chi connectivity index (χ3v) is 5.69. The fourth-order valence-electron chi connectivity index (χ4n) is 4.40. The Balaban J connectivity index is 1.53. The summed E-state index contributed by atoms with van der Waals surface area (Å²) in [5.41, 5.74) is 2.30. The third-order valence-electron chi connectivity index (χ3n) is 5.69. The first-order valence-electron chi connectivity index (χ1n) is 9.47. The molecule has 24 heavy (non-hydrogen) atoms. The number of nitrogens with one attached hydrogen (secondary N) is 2. The molecule has 5 nitrogen and oxygen atoms in total. The van der Waals surface area contributed by atoms with E-state index in [1.807, 2.05) is 11.0 Å². The predicted molar refractivity (Wildman–Crippen MR) is 97.8 cm³/mol. The van der Waals surface area contributed by atoms with Gasteiger partial charge in [-0.05, 0) is 37.9 Å². The Kier molecular flexibility index (Phi) is 4.60. The first-order chi connectivity index (χ1) is 11.8. The monoisotopic (exact) mass is 328 g/mol. The minimum absolute atomic E-state index is 0.0550. The van der Waals surface area contributed by atoms with E-state index in [0.717, 1.165) is 38.3 Å². The van der Waals surface area contributed by atoms with Crippen molar-refractivity contribution in [2.75, 3.05) is 36.0 Å². The number of rotatable bonds is 2. The van der Waals surface area contributed by atoms with Crippen molar-refractivity contribution in [3.8, 4) is 0 Å². The number of benzene rings is 1. The zero-order chi connectivity index (χ0) is 16.4.